The van der Waals surface area contributed by atoms with Gasteiger partial charge in [0.15, 0.2) is 0 Å². The monoisotopic (exact) mass is 304 g/mol. The number of rotatable bonds is 3. The number of anilines is 1. The first-order chi connectivity index (χ1) is 11.3. The average Bonchev–Trinajstić information content (AvgIpc) is 3.24. The Morgan fingerprint density at radius 2 is 2.09 bits per heavy atom. The summed E-state index contributed by atoms with van der Waals surface area (Å²) in [7, 11) is 0. The van der Waals surface area contributed by atoms with Crippen LogP contribution in [0.3, 0.4) is 0 Å². The maximum atomic E-state index is 12.3. The molecular formula is C16H12N6O. The molecule has 0 fully saturated rings. The lowest BCUT2D eigenvalue weighted by molar-refractivity contribution is 0.102. The Bertz CT molecular complexity index is 959. The molecule has 0 atom stereocenters. The van der Waals surface area contributed by atoms with E-state index in [1.807, 2.05) is 30.6 Å². The molecule has 2 N–H and O–H groups in total. The zero-order valence-corrected chi connectivity index (χ0v) is 12.0. The molecule has 4 aromatic rings. The van der Waals surface area contributed by atoms with Crippen LogP contribution >= 0.6 is 0 Å². The second kappa shape index (κ2) is 5.38. The predicted octanol–water partition coefficient (Wildman–Crippen LogP) is 2.37. The topological polar surface area (TPSA) is 88.0 Å². The smallest absolute Gasteiger partial charge is 0.277 e. The number of nitrogens with one attached hydrogen (secondary N) is 2. The summed E-state index contributed by atoms with van der Waals surface area (Å²) >= 11 is 0. The van der Waals surface area contributed by atoms with Gasteiger partial charge in [-0.05, 0) is 24.3 Å². The summed E-state index contributed by atoms with van der Waals surface area (Å²) in [5.74, 6) is 0.195. The highest BCUT2D eigenvalue weighted by Gasteiger charge is 2.12. The minimum atomic E-state index is -0.297. The fraction of sp³-hybridized carbons (Fsp3) is 0. The van der Waals surface area contributed by atoms with Crippen molar-refractivity contribution >= 4 is 17.4 Å². The van der Waals surface area contributed by atoms with E-state index in [1.54, 1.807) is 35.3 Å². The molecule has 23 heavy (non-hydrogen) atoms. The minimum absolute atomic E-state index is 0.297. The second-order valence-corrected chi connectivity index (χ2v) is 4.93. The summed E-state index contributed by atoms with van der Waals surface area (Å²) in [5.41, 5.74) is 2.79. The van der Waals surface area contributed by atoms with Crippen molar-refractivity contribution < 1.29 is 4.79 Å². The summed E-state index contributed by atoms with van der Waals surface area (Å²) in [6, 6.07) is 9.09. The molecule has 4 rings (SSSR count). The first kappa shape index (κ1) is 13.2. The first-order valence-corrected chi connectivity index (χ1v) is 7.00. The minimum Gasteiger partial charge on any atom is -0.351 e. The molecule has 7 nitrogen and oxygen atoms in total. The fourth-order valence-electron chi connectivity index (χ4n) is 2.29. The van der Waals surface area contributed by atoms with Crippen molar-refractivity contribution in [1.82, 2.24) is 24.3 Å². The van der Waals surface area contributed by atoms with Crippen LogP contribution in [0.1, 0.15) is 10.5 Å². The second-order valence-electron chi connectivity index (χ2n) is 4.93. The summed E-state index contributed by atoms with van der Waals surface area (Å²) < 4.78 is 1.80. The van der Waals surface area contributed by atoms with Gasteiger partial charge in [-0.25, -0.2) is 15.0 Å². The summed E-state index contributed by atoms with van der Waals surface area (Å²) in [6.07, 6.45) is 8.63. The van der Waals surface area contributed by atoms with Gasteiger partial charge in [0.2, 0.25) is 0 Å². The fourth-order valence-corrected chi connectivity index (χ4v) is 2.29. The number of carbonyl (C=O) groups excluding carboxylic acids is 1. The number of H-pyrrole nitrogens is 1. The third-order valence-electron chi connectivity index (χ3n) is 3.38. The van der Waals surface area contributed by atoms with Crippen molar-refractivity contribution in [2.75, 3.05) is 5.32 Å². The van der Waals surface area contributed by atoms with Crippen LogP contribution in [0.5, 0.6) is 0 Å². The molecule has 0 saturated heterocycles. The number of hydrogen-bond donors (Lipinski definition) is 2. The average molecular weight is 304 g/mol. The zero-order valence-electron chi connectivity index (χ0n) is 12.0. The van der Waals surface area contributed by atoms with Crippen LogP contribution in [0.15, 0.2) is 61.4 Å². The number of nitrogens with zero attached hydrogens (tertiary/aromatic N) is 4. The third kappa shape index (κ3) is 2.55. The Morgan fingerprint density at radius 3 is 2.87 bits per heavy atom. The highest BCUT2D eigenvalue weighted by atomic mass is 16.2. The number of aromatic nitrogens is 5. The number of amides is 1. The van der Waals surface area contributed by atoms with E-state index in [0.717, 1.165) is 11.3 Å². The number of fused-ring (bicyclic) bond motifs is 1. The van der Waals surface area contributed by atoms with Gasteiger partial charge in [0.25, 0.3) is 5.91 Å². The lowest BCUT2D eigenvalue weighted by atomic mass is 10.2. The predicted molar refractivity (Wildman–Crippen MR) is 85.0 cm³/mol. The van der Waals surface area contributed by atoms with Gasteiger partial charge in [0, 0.05) is 30.4 Å². The maximum Gasteiger partial charge on any atom is 0.277 e. The van der Waals surface area contributed by atoms with Crippen LogP contribution < -0.4 is 5.32 Å². The number of imidazole rings is 2. The van der Waals surface area contributed by atoms with Gasteiger partial charge in [-0.1, -0.05) is 6.07 Å². The first-order valence-electron chi connectivity index (χ1n) is 7.00. The molecule has 0 aromatic carbocycles. The summed E-state index contributed by atoms with van der Waals surface area (Å²) in [5, 5.41) is 2.72. The molecule has 7 heteroatoms. The number of pyridine rings is 2. The molecule has 0 radical (unpaired) electrons. The molecule has 4 aromatic heterocycles. The molecule has 1 amide bonds. The van der Waals surface area contributed by atoms with Gasteiger partial charge in [-0.2, -0.15) is 0 Å². The lowest BCUT2D eigenvalue weighted by Gasteiger charge is -2.00. The van der Waals surface area contributed by atoms with E-state index in [2.05, 4.69) is 25.3 Å². The highest BCUT2D eigenvalue weighted by Crippen LogP contribution is 2.17. The molecule has 0 saturated carbocycles. The normalized spacial score (nSPS) is 10.8. The van der Waals surface area contributed by atoms with Crippen molar-refractivity contribution in [1.29, 1.82) is 0 Å². The van der Waals surface area contributed by atoms with Gasteiger partial charge < -0.3 is 14.7 Å². The quantitative estimate of drug-likeness (QED) is 0.608. The highest BCUT2D eigenvalue weighted by molar-refractivity contribution is 6.02. The molecule has 0 aliphatic rings. The number of aromatic amines is 1. The van der Waals surface area contributed by atoms with Gasteiger partial charge in [-0.3, -0.25) is 4.79 Å². The lowest BCUT2D eigenvalue weighted by Crippen LogP contribution is -2.13. The zero-order chi connectivity index (χ0) is 15.6. The Morgan fingerprint density at radius 1 is 1.13 bits per heavy atom. The number of carbonyl (C=O) groups is 1. The molecule has 0 bridgehead atoms. The van der Waals surface area contributed by atoms with Crippen LogP contribution in [0, 0.1) is 0 Å². The van der Waals surface area contributed by atoms with E-state index in [-0.39, 0.29) is 5.91 Å². The van der Waals surface area contributed by atoms with E-state index >= 15 is 0 Å². The Kier molecular flexibility index (Phi) is 3.09. The van der Waals surface area contributed by atoms with E-state index in [0.29, 0.717) is 17.2 Å². The van der Waals surface area contributed by atoms with Crippen molar-refractivity contribution in [2.24, 2.45) is 0 Å². The molecular weight excluding hydrogens is 292 g/mol. The molecule has 0 aliphatic heterocycles. The van der Waals surface area contributed by atoms with E-state index in [9.17, 15) is 4.79 Å². The van der Waals surface area contributed by atoms with Gasteiger partial charge in [-0.15, -0.1) is 0 Å². The van der Waals surface area contributed by atoms with Crippen molar-refractivity contribution in [3.63, 3.8) is 0 Å². The van der Waals surface area contributed by atoms with Gasteiger partial charge >= 0.3 is 0 Å². The molecule has 112 valence electrons. The maximum absolute atomic E-state index is 12.3. The van der Waals surface area contributed by atoms with Crippen LogP contribution in [-0.2, 0) is 0 Å². The largest absolute Gasteiger partial charge is 0.351 e. The summed E-state index contributed by atoms with van der Waals surface area (Å²) in [6.45, 7) is 0. The Hall–Kier alpha value is -3.48. The van der Waals surface area contributed by atoms with Crippen molar-refractivity contribution in [2.45, 2.75) is 0 Å². The standard InChI is InChI=1S/C16H12N6O/c23-16(21-14-3-1-2-6-18-14)13-9-22-8-11(4-5-15(22)20-13)12-7-17-10-19-12/h1-10H,(H,17,19)(H,18,21,23). The SMILES string of the molecule is O=C(Nc1ccccn1)c1cn2cc(-c3c[nH]cn3)ccc2n1. The Balaban J connectivity index is 1.65. The molecule has 0 aliphatic carbocycles. The van der Waals surface area contributed by atoms with Crippen molar-refractivity contribution in [3.8, 4) is 11.3 Å². The number of hydrogen-bond acceptors (Lipinski definition) is 4. The van der Waals surface area contributed by atoms with E-state index in [1.165, 1.54) is 0 Å². The van der Waals surface area contributed by atoms with E-state index in [4.69, 9.17) is 0 Å². The van der Waals surface area contributed by atoms with Crippen LogP contribution in [0.25, 0.3) is 16.9 Å². The van der Waals surface area contributed by atoms with Crippen LogP contribution in [-0.4, -0.2) is 30.2 Å². The third-order valence-corrected chi connectivity index (χ3v) is 3.38. The summed E-state index contributed by atoms with van der Waals surface area (Å²) in [4.78, 5) is 27.8. The van der Waals surface area contributed by atoms with Gasteiger partial charge in [0.1, 0.15) is 17.2 Å². The molecule has 4 heterocycles. The van der Waals surface area contributed by atoms with E-state index < -0.39 is 0 Å². The Labute approximate surface area is 131 Å². The molecule has 0 spiro atoms. The van der Waals surface area contributed by atoms with Crippen LogP contribution in [0.2, 0.25) is 0 Å². The van der Waals surface area contributed by atoms with Crippen molar-refractivity contribution in [3.05, 3.63) is 67.1 Å². The van der Waals surface area contributed by atoms with Gasteiger partial charge in [0.05, 0.1) is 12.0 Å². The molecule has 0 unspecified atom stereocenters. The van der Waals surface area contributed by atoms with Crippen LogP contribution in [0.4, 0.5) is 5.82 Å².